The quantitative estimate of drug-likeness (QED) is 0.771. The zero-order chi connectivity index (χ0) is 11.2. The fraction of sp³-hybridized carbons (Fsp3) is 0.600. The highest BCUT2D eigenvalue weighted by Crippen LogP contribution is 2.47. The summed E-state index contributed by atoms with van der Waals surface area (Å²) in [6, 6.07) is 10.8. The number of benzene rings is 1. The Labute approximate surface area is 103 Å². The van der Waals surface area contributed by atoms with Gasteiger partial charge in [-0.25, -0.2) is 0 Å². The molecule has 0 saturated carbocycles. The maximum absolute atomic E-state index is 6.01. The molecule has 3 fully saturated rings. The van der Waals surface area contributed by atoms with Crippen LogP contribution in [0.4, 0.5) is 0 Å². The van der Waals surface area contributed by atoms with Crippen LogP contribution in [0.5, 0.6) is 0 Å². The molecule has 4 rings (SSSR count). The minimum absolute atomic E-state index is 0.589. The molecule has 17 heavy (non-hydrogen) atoms. The molecule has 0 unspecified atom stereocenters. The van der Waals surface area contributed by atoms with E-state index in [-0.39, 0.29) is 0 Å². The lowest BCUT2D eigenvalue weighted by Crippen LogP contribution is -2.24. The summed E-state index contributed by atoms with van der Waals surface area (Å²) in [5, 5.41) is 0. The molecule has 4 atom stereocenters. The molecule has 0 amide bonds. The van der Waals surface area contributed by atoms with Gasteiger partial charge in [0.1, 0.15) is 0 Å². The van der Waals surface area contributed by atoms with Gasteiger partial charge in [0.2, 0.25) is 0 Å². The molecule has 3 saturated heterocycles. The number of likely N-dealkylation sites (tertiary alicyclic amines) is 1. The summed E-state index contributed by atoms with van der Waals surface area (Å²) in [4.78, 5) is 2.62. The van der Waals surface area contributed by atoms with Gasteiger partial charge in [-0.1, -0.05) is 30.3 Å². The molecule has 3 aliphatic rings. The van der Waals surface area contributed by atoms with Crippen LogP contribution in [0.1, 0.15) is 18.4 Å². The lowest BCUT2D eigenvalue weighted by molar-refractivity contribution is 0.0697. The fourth-order valence-electron chi connectivity index (χ4n) is 4.02. The maximum Gasteiger partial charge on any atom is 0.0624 e. The predicted molar refractivity (Wildman–Crippen MR) is 66.6 cm³/mol. The van der Waals surface area contributed by atoms with Crippen LogP contribution < -0.4 is 0 Å². The first-order valence-corrected chi connectivity index (χ1v) is 6.82. The minimum Gasteiger partial charge on any atom is -0.374 e. The Kier molecular flexibility index (Phi) is 2.27. The van der Waals surface area contributed by atoms with Crippen LogP contribution in [0.15, 0.2) is 30.3 Å². The third-order valence-corrected chi connectivity index (χ3v) is 4.78. The van der Waals surface area contributed by atoms with Crippen LogP contribution in [0, 0.1) is 11.8 Å². The number of rotatable bonds is 2. The SMILES string of the molecule is c1ccc(CN2C[C@@H]3[C@H](C2)[C@@H]2CC[C@H]3O2)cc1. The van der Waals surface area contributed by atoms with Gasteiger partial charge in [0.25, 0.3) is 0 Å². The van der Waals surface area contributed by atoms with E-state index >= 15 is 0 Å². The summed E-state index contributed by atoms with van der Waals surface area (Å²) in [5.41, 5.74) is 1.45. The maximum atomic E-state index is 6.01. The zero-order valence-corrected chi connectivity index (χ0v) is 10.1. The first-order valence-electron chi connectivity index (χ1n) is 6.82. The molecule has 2 nitrogen and oxygen atoms in total. The molecule has 0 radical (unpaired) electrons. The summed E-state index contributed by atoms with van der Waals surface area (Å²) in [6.07, 6.45) is 3.80. The van der Waals surface area contributed by atoms with Gasteiger partial charge in [-0.15, -0.1) is 0 Å². The van der Waals surface area contributed by atoms with Crippen molar-refractivity contribution in [3.63, 3.8) is 0 Å². The Morgan fingerprint density at radius 2 is 1.65 bits per heavy atom. The third kappa shape index (κ3) is 1.62. The third-order valence-electron chi connectivity index (χ3n) is 4.78. The molecule has 0 spiro atoms. The molecule has 2 heteroatoms. The van der Waals surface area contributed by atoms with Gasteiger partial charge in [0.15, 0.2) is 0 Å². The van der Waals surface area contributed by atoms with Gasteiger partial charge in [-0.05, 0) is 18.4 Å². The second kappa shape index (κ2) is 3.82. The van der Waals surface area contributed by atoms with Crippen molar-refractivity contribution in [2.45, 2.75) is 31.6 Å². The van der Waals surface area contributed by atoms with Crippen LogP contribution in [0.2, 0.25) is 0 Å². The molecule has 0 aromatic heterocycles. The molecule has 0 N–H and O–H groups in total. The Hall–Kier alpha value is -0.860. The average molecular weight is 229 g/mol. The summed E-state index contributed by atoms with van der Waals surface area (Å²) in [7, 11) is 0. The summed E-state index contributed by atoms with van der Waals surface area (Å²) in [6.45, 7) is 3.62. The largest absolute Gasteiger partial charge is 0.374 e. The highest BCUT2D eigenvalue weighted by atomic mass is 16.5. The van der Waals surface area contributed by atoms with E-state index < -0.39 is 0 Å². The van der Waals surface area contributed by atoms with Gasteiger partial charge < -0.3 is 4.74 Å². The first kappa shape index (κ1) is 10.1. The molecule has 1 aromatic rings. The van der Waals surface area contributed by atoms with E-state index in [2.05, 4.69) is 35.2 Å². The van der Waals surface area contributed by atoms with E-state index in [1.807, 2.05) is 0 Å². The van der Waals surface area contributed by atoms with E-state index in [0.717, 1.165) is 18.4 Å². The second-order valence-electron chi connectivity index (χ2n) is 5.80. The Morgan fingerprint density at radius 1 is 1.00 bits per heavy atom. The molecule has 2 bridgehead atoms. The van der Waals surface area contributed by atoms with Crippen molar-refractivity contribution in [2.75, 3.05) is 13.1 Å². The predicted octanol–water partition coefficient (Wildman–Crippen LogP) is 2.30. The summed E-state index contributed by atoms with van der Waals surface area (Å²) in [5.74, 6) is 1.66. The van der Waals surface area contributed by atoms with E-state index in [9.17, 15) is 0 Å². The van der Waals surface area contributed by atoms with E-state index in [4.69, 9.17) is 4.74 Å². The van der Waals surface area contributed by atoms with Gasteiger partial charge in [0, 0.05) is 31.5 Å². The van der Waals surface area contributed by atoms with Crippen LogP contribution >= 0.6 is 0 Å². The van der Waals surface area contributed by atoms with Crippen molar-refractivity contribution in [1.29, 1.82) is 0 Å². The number of fused-ring (bicyclic) bond motifs is 5. The van der Waals surface area contributed by atoms with Crippen LogP contribution in [-0.4, -0.2) is 30.2 Å². The topological polar surface area (TPSA) is 12.5 Å². The average Bonchev–Trinajstić information content (AvgIpc) is 3.00. The van der Waals surface area contributed by atoms with Crippen molar-refractivity contribution in [2.24, 2.45) is 11.8 Å². The second-order valence-corrected chi connectivity index (χ2v) is 5.80. The fourth-order valence-corrected chi connectivity index (χ4v) is 4.02. The van der Waals surface area contributed by atoms with Gasteiger partial charge in [-0.2, -0.15) is 0 Å². The van der Waals surface area contributed by atoms with Gasteiger partial charge in [-0.3, -0.25) is 4.90 Å². The highest BCUT2D eigenvalue weighted by Gasteiger charge is 2.52. The summed E-state index contributed by atoms with van der Waals surface area (Å²) < 4.78 is 6.01. The highest BCUT2D eigenvalue weighted by molar-refractivity contribution is 5.15. The van der Waals surface area contributed by atoms with E-state index in [1.165, 1.54) is 31.5 Å². The number of ether oxygens (including phenoxy) is 1. The summed E-state index contributed by atoms with van der Waals surface area (Å²) >= 11 is 0. The van der Waals surface area contributed by atoms with Crippen LogP contribution in [-0.2, 0) is 11.3 Å². The molecular formula is C15H19NO. The normalized spacial score (nSPS) is 39.8. The minimum atomic E-state index is 0.589. The Balaban J connectivity index is 1.46. The smallest absolute Gasteiger partial charge is 0.0624 e. The molecule has 3 heterocycles. The van der Waals surface area contributed by atoms with Crippen molar-refractivity contribution in [1.82, 2.24) is 4.90 Å². The monoisotopic (exact) mass is 229 g/mol. The molecule has 3 aliphatic heterocycles. The van der Waals surface area contributed by atoms with Gasteiger partial charge >= 0.3 is 0 Å². The molecule has 1 aromatic carbocycles. The van der Waals surface area contributed by atoms with E-state index in [1.54, 1.807) is 0 Å². The molecule has 0 aliphatic carbocycles. The first-order chi connectivity index (χ1) is 8.40. The number of nitrogens with zero attached hydrogens (tertiary/aromatic N) is 1. The van der Waals surface area contributed by atoms with Crippen molar-refractivity contribution < 1.29 is 4.74 Å². The zero-order valence-electron chi connectivity index (χ0n) is 10.1. The lowest BCUT2D eigenvalue weighted by atomic mass is 9.82. The Bertz CT molecular complexity index is 387. The molecule has 90 valence electrons. The van der Waals surface area contributed by atoms with Crippen molar-refractivity contribution in [3.05, 3.63) is 35.9 Å². The van der Waals surface area contributed by atoms with Crippen LogP contribution in [0.3, 0.4) is 0 Å². The number of hydrogen-bond acceptors (Lipinski definition) is 2. The lowest BCUT2D eigenvalue weighted by Gasteiger charge is -2.18. The van der Waals surface area contributed by atoms with E-state index in [0.29, 0.717) is 12.2 Å². The van der Waals surface area contributed by atoms with Crippen LogP contribution in [0.25, 0.3) is 0 Å². The standard InChI is InChI=1S/C15H19NO/c1-2-4-11(5-3-1)8-16-9-12-13(10-16)15-7-6-14(12)17-15/h1-5,12-15H,6-10H2/t12-,13+,14-,15+. The Morgan fingerprint density at radius 3 is 2.29 bits per heavy atom. The van der Waals surface area contributed by atoms with Crippen molar-refractivity contribution >= 4 is 0 Å². The van der Waals surface area contributed by atoms with Gasteiger partial charge in [0.05, 0.1) is 12.2 Å². The molecular weight excluding hydrogens is 210 g/mol. The van der Waals surface area contributed by atoms with Crippen molar-refractivity contribution in [3.8, 4) is 0 Å². The number of hydrogen-bond donors (Lipinski definition) is 0.